The van der Waals surface area contributed by atoms with Crippen LogP contribution in [-0.2, 0) is 4.79 Å². The van der Waals surface area contributed by atoms with Gasteiger partial charge in [0.15, 0.2) is 0 Å². The molecule has 0 aliphatic heterocycles. The van der Waals surface area contributed by atoms with Crippen molar-refractivity contribution in [3.8, 4) is 0 Å². The van der Waals surface area contributed by atoms with Crippen LogP contribution in [0.5, 0.6) is 0 Å². The fraction of sp³-hybridized carbons (Fsp3) is 0.615. The van der Waals surface area contributed by atoms with Crippen LogP contribution >= 0.6 is 0 Å². The molecule has 0 bridgehead atoms. The largest absolute Gasteiger partial charge is 0.393 e. The van der Waals surface area contributed by atoms with Gasteiger partial charge in [-0.25, -0.2) is 4.39 Å². The average molecular weight is 441 g/mol. The topological polar surface area (TPSA) is 82.5 Å². The van der Waals surface area contributed by atoms with Crippen molar-refractivity contribution in [2.24, 2.45) is 17.3 Å². The summed E-state index contributed by atoms with van der Waals surface area (Å²) in [5.74, 6) is -0.434. The highest BCUT2D eigenvalue weighted by Gasteiger charge is 2.60. The maximum absolute atomic E-state index is 16.0. The third-order valence-corrected chi connectivity index (χ3v) is 8.86. The fourth-order valence-corrected chi connectivity index (χ4v) is 6.99. The Balaban J connectivity index is 1.43. The number of nitrogens with zero attached hydrogens (tertiary/aromatic N) is 1. The molecule has 32 heavy (non-hydrogen) atoms. The van der Waals surface area contributed by atoms with Gasteiger partial charge in [0.05, 0.1) is 23.1 Å². The van der Waals surface area contributed by atoms with Crippen molar-refractivity contribution in [3.05, 3.63) is 47.3 Å². The van der Waals surface area contributed by atoms with Crippen LogP contribution in [0.1, 0.15) is 64.0 Å². The zero-order valence-electron chi connectivity index (χ0n) is 18.9. The number of halogens is 1. The third-order valence-electron chi connectivity index (χ3n) is 8.86. The molecule has 5 nitrogen and oxygen atoms in total. The van der Waals surface area contributed by atoms with Crippen molar-refractivity contribution in [2.45, 2.75) is 82.6 Å². The Labute approximate surface area is 188 Å². The molecule has 0 saturated heterocycles. The molecule has 0 spiro atoms. The highest BCUT2D eigenvalue weighted by molar-refractivity contribution is 6.05. The van der Waals surface area contributed by atoms with Crippen LogP contribution in [0.3, 0.4) is 0 Å². The van der Waals surface area contributed by atoms with E-state index in [4.69, 9.17) is 0 Å². The maximum Gasteiger partial charge on any atom is 0.251 e. The second-order valence-electron chi connectivity index (χ2n) is 10.7. The first kappa shape index (κ1) is 21.8. The molecule has 4 aliphatic rings. The van der Waals surface area contributed by atoms with E-state index >= 15 is 4.39 Å². The number of pyridine rings is 1. The molecule has 1 aromatic rings. The minimum atomic E-state index is -1.45. The first-order valence-corrected chi connectivity index (χ1v) is 11.9. The summed E-state index contributed by atoms with van der Waals surface area (Å²) in [6.07, 6.45) is 9.02. The second-order valence-corrected chi connectivity index (χ2v) is 10.7. The molecule has 5 unspecified atom stereocenters. The van der Waals surface area contributed by atoms with Crippen molar-refractivity contribution >= 4 is 11.6 Å². The van der Waals surface area contributed by atoms with Crippen LogP contribution in [0.4, 0.5) is 10.1 Å². The molecule has 1 amide bonds. The summed E-state index contributed by atoms with van der Waals surface area (Å²) in [6, 6.07) is 3.63. The maximum atomic E-state index is 16.0. The molecule has 5 rings (SSSR count). The first-order valence-electron chi connectivity index (χ1n) is 11.9. The summed E-state index contributed by atoms with van der Waals surface area (Å²) >= 11 is 0. The summed E-state index contributed by atoms with van der Waals surface area (Å²) in [5.41, 5.74) is -0.154. The number of hydrogen-bond donors (Lipinski definition) is 3. The molecular weight excluding hydrogens is 407 g/mol. The molecule has 1 heterocycles. The van der Waals surface area contributed by atoms with E-state index in [1.165, 1.54) is 0 Å². The lowest BCUT2D eigenvalue weighted by Gasteiger charge is -2.49. The minimum absolute atomic E-state index is 0.127. The van der Waals surface area contributed by atoms with Crippen molar-refractivity contribution < 1.29 is 19.4 Å². The van der Waals surface area contributed by atoms with Crippen LogP contribution in [0.2, 0.25) is 0 Å². The van der Waals surface area contributed by atoms with Gasteiger partial charge in [-0.3, -0.25) is 9.78 Å². The molecular formula is C26H33FN2O3. The van der Waals surface area contributed by atoms with E-state index in [-0.39, 0.29) is 30.6 Å². The number of hydrogen-bond acceptors (Lipinski definition) is 4. The van der Waals surface area contributed by atoms with Gasteiger partial charge in [-0.1, -0.05) is 19.1 Å². The Morgan fingerprint density at radius 2 is 2.09 bits per heavy atom. The number of aryl methyl sites for hydroxylation is 1. The van der Waals surface area contributed by atoms with Gasteiger partial charge in [0.25, 0.3) is 5.91 Å². The highest BCUT2D eigenvalue weighted by Crippen LogP contribution is 2.61. The molecule has 1 aromatic heterocycles. The predicted molar refractivity (Wildman–Crippen MR) is 121 cm³/mol. The Kier molecular flexibility index (Phi) is 5.10. The van der Waals surface area contributed by atoms with E-state index < -0.39 is 22.8 Å². The van der Waals surface area contributed by atoms with E-state index in [1.807, 2.05) is 25.1 Å². The summed E-state index contributed by atoms with van der Waals surface area (Å²) in [4.78, 5) is 17.5. The molecule has 0 radical (unpaired) electrons. The third kappa shape index (κ3) is 3.26. The lowest BCUT2D eigenvalue weighted by atomic mass is 9.58. The van der Waals surface area contributed by atoms with Gasteiger partial charge in [0.1, 0.15) is 5.67 Å². The number of rotatable bonds is 2. The summed E-state index contributed by atoms with van der Waals surface area (Å²) in [7, 11) is 0. The number of carbonyl (C=O) groups excluding carboxylic acids is 1. The Bertz CT molecular complexity index is 1010. The summed E-state index contributed by atoms with van der Waals surface area (Å²) in [5, 5.41) is 25.1. The molecule has 0 aromatic carbocycles. The van der Waals surface area contributed by atoms with Crippen LogP contribution in [0.25, 0.3) is 0 Å². The number of fused-ring (bicyclic) bond motifs is 4. The lowest BCUT2D eigenvalue weighted by molar-refractivity contribution is -0.115. The van der Waals surface area contributed by atoms with Crippen molar-refractivity contribution in [1.82, 2.24) is 4.98 Å². The van der Waals surface area contributed by atoms with Gasteiger partial charge < -0.3 is 15.5 Å². The van der Waals surface area contributed by atoms with Crippen LogP contribution in [0, 0.1) is 24.2 Å². The molecule has 6 heteroatoms. The monoisotopic (exact) mass is 440 g/mol. The van der Waals surface area contributed by atoms with Crippen molar-refractivity contribution in [1.29, 1.82) is 0 Å². The Hall–Kier alpha value is -2.05. The van der Waals surface area contributed by atoms with Gasteiger partial charge in [-0.2, -0.15) is 0 Å². The first-order chi connectivity index (χ1) is 15.2. The number of allylic oxidation sites excluding steroid dienone is 2. The van der Waals surface area contributed by atoms with E-state index in [0.717, 1.165) is 11.3 Å². The standard InChI is InChI=1S/C26H33FN2O3/c1-16-21(4-3-13-28-16)29-23(31)20-7-8-22-24(20,2)11-9-18-14-25(27)15-19(30)6-5-17(25)10-12-26(18,22)32/h3-4,7,9,13,17,19,22,30,32H,5-6,8,10-12,14-15H2,1-2H3,(H,29,31)/t17?,19?,22?,24?,25?,26-/m1/s1. The highest BCUT2D eigenvalue weighted by atomic mass is 19.1. The van der Waals surface area contributed by atoms with Crippen LogP contribution < -0.4 is 5.32 Å². The molecule has 2 saturated carbocycles. The number of alkyl halides is 1. The number of aromatic nitrogens is 1. The number of carbonyl (C=O) groups is 1. The number of nitrogens with one attached hydrogen (secondary N) is 1. The van der Waals surface area contributed by atoms with Crippen molar-refractivity contribution in [3.63, 3.8) is 0 Å². The summed E-state index contributed by atoms with van der Waals surface area (Å²) in [6.45, 7) is 3.92. The summed E-state index contributed by atoms with van der Waals surface area (Å²) < 4.78 is 16.0. The average Bonchev–Trinajstić information content (AvgIpc) is 3.04. The number of aliphatic hydroxyl groups is 2. The molecule has 172 valence electrons. The van der Waals surface area contributed by atoms with E-state index in [9.17, 15) is 15.0 Å². The second kappa shape index (κ2) is 7.49. The molecule has 3 N–H and O–H groups in total. The number of aliphatic hydroxyl groups excluding tert-OH is 1. The zero-order chi connectivity index (χ0) is 22.7. The van der Waals surface area contributed by atoms with Gasteiger partial charge >= 0.3 is 0 Å². The Morgan fingerprint density at radius 1 is 1.28 bits per heavy atom. The van der Waals surface area contributed by atoms with E-state index in [0.29, 0.717) is 49.8 Å². The number of amides is 1. The van der Waals surface area contributed by atoms with E-state index in [1.54, 1.807) is 12.3 Å². The Morgan fingerprint density at radius 3 is 2.88 bits per heavy atom. The minimum Gasteiger partial charge on any atom is -0.393 e. The predicted octanol–water partition coefficient (Wildman–Crippen LogP) is 4.40. The van der Waals surface area contributed by atoms with Gasteiger partial charge in [-0.05, 0) is 69.1 Å². The molecule has 4 aliphatic carbocycles. The van der Waals surface area contributed by atoms with E-state index in [2.05, 4.69) is 17.2 Å². The molecule has 2 fully saturated rings. The van der Waals surface area contributed by atoms with Gasteiger partial charge in [0, 0.05) is 35.9 Å². The van der Waals surface area contributed by atoms with Crippen LogP contribution in [0.15, 0.2) is 41.6 Å². The normalized spacial score (nSPS) is 40.8. The fourth-order valence-electron chi connectivity index (χ4n) is 6.99. The smallest absolute Gasteiger partial charge is 0.251 e. The van der Waals surface area contributed by atoms with Crippen LogP contribution in [-0.4, -0.2) is 38.5 Å². The SMILES string of the molecule is Cc1ncccc1NC(=O)C1=CCC2C1(C)CC=C1CC3(F)CC(O)CCC3CC[C@@]12O. The zero-order valence-corrected chi connectivity index (χ0v) is 18.9. The lowest BCUT2D eigenvalue weighted by Crippen LogP contribution is -2.50. The molecule has 6 atom stereocenters. The van der Waals surface area contributed by atoms with Gasteiger partial charge in [0.2, 0.25) is 0 Å². The van der Waals surface area contributed by atoms with Crippen molar-refractivity contribution in [2.75, 3.05) is 5.32 Å². The van der Waals surface area contributed by atoms with Gasteiger partial charge in [-0.15, -0.1) is 0 Å². The quantitative estimate of drug-likeness (QED) is 0.596. The number of anilines is 1.